The van der Waals surface area contributed by atoms with Crippen LogP contribution in [0.15, 0.2) is 6.33 Å². The molecular weight excluding hydrogens is 445 g/mol. The number of ether oxygens (including phenoxy) is 3. The number of hydrogen-bond acceptors (Lipinski definition) is 11. The van der Waals surface area contributed by atoms with E-state index < -0.39 is 8.25 Å². The van der Waals surface area contributed by atoms with Gasteiger partial charge in [-0.1, -0.05) is 6.92 Å². The molecule has 178 valence electrons. The van der Waals surface area contributed by atoms with E-state index in [0.717, 1.165) is 0 Å². The molecule has 0 radical (unpaired) electrons. The highest BCUT2D eigenvalue weighted by molar-refractivity contribution is 7.32. The summed E-state index contributed by atoms with van der Waals surface area (Å²) in [5.41, 5.74) is 6.72. The number of methoxy groups -OCH3 is 1. The lowest BCUT2D eigenvalue weighted by molar-refractivity contribution is -0.143. The number of aliphatic hydroxyl groups is 1. The highest BCUT2D eigenvalue weighted by Gasteiger charge is 2.36. The number of hydrogen-bond donors (Lipinski definition) is 3. The summed E-state index contributed by atoms with van der Waals surface area (Å²) in [5.74, 6) is 0.291. The SMILES string of the molecule is CCOC(=O)CCCO.COc1nc(N)nc2c1ncn2C1OC(CO[P+](=O)O)CC1C. The number of nitrogens with two attached hydrogens (primary N) is 1. The Morgan fingerprint density at radius 1 is 1.44 bits per heavy atom. The Hall–Kier alpha value is -2.44. The van der Waals surface area contributed by atoms with Crippen molar-refractivity contribution >= 4 is 31.3 Å². The Balaban J connectivity index is 0.000000344. The van der Waals surface area contributed by atoms with Gasteiger partial charge < -0.3 is 25.1 Å². The first-order chi connectivity index (χ1) is 15.3. The number of nitrogen functional groups attached to an aromatic ring is 1. The number of imidazole rings is 1. The largest absolute Gasteiger partial charge is 0.694 e. The van der Waals surface area contributed by atoms with Crippen molar-refractivity contribution in [2.75, 3.05) is 32.7 Å². The number of carbonyl (C=O) groups is 1. The second kappa shape index (κ2) is 12.6. The van der Waals surface area contributed by atoms with Crippen molar-refractivity contribution in [3.05, 3.63) is 6.33 Å². The summed E-state index contributed by atoms with van der Waals surface area (Å²) in [7, 11) is -1.15. The molecule has 13 nitrogen and oxygen atoms in total. The molecular formula is C18H29N5O8P+. The van der Waals surface area contributed by atoms with Crippen molar-refractivity contribution in [3.63, 3.8) is 0 Å². The monoisotopic (exact) mass is 474 g/mol. The molecule has 0 amide bonds. The topological polar surface area (TPSA) is 181 Å². The van der Waals surface area contributed by atoms with Gasteiger partial charge in [-0.25, -0.2) is 4.98 Å². The quantitative estimate of drug-likeness (QED) is 0.351. The van der Waals surface area contributed by atoms with Gasteiger partial charge in [-0.3, -0.25) is 9.36 Å². The summed E-state index contributed by atoms with van der Waals surface area (Å²) < 4.78 is 32.8. The number of nitrogens with zero attached hydrogens (tertiary/aromatic N) is 4. The third-order valence-electron chi connectivity index (χ3n) is 4.54. The van der Waals surface area contributed by atoms with E-state index in [4.69, 9.17) is 29.7 Å². The van der Waals surface area contributed by atoms with Crippen LogP contribution in [0, 0.1) is 5.92 Å². The summed E-state index contributed by atoms with van der Waals surface area (Å²) in [6, 6.07) is 0. The molecule has 1 aliphatic rings. The first-order valence-corrected chi connectivity index (χ1v) is 11.2. The predicted molar refractivity (Wildman–Crippen MR) is 113 cm³/mol. The number of carbonyl (C=O) groups excluding carboxylic acids is 1. The molecule has 4 N–H and O–H groups in total. The predicted octanol–water partition coefficient (Wildman–Crippen LogP) is 1.33. The second-order valence-electron chi connectivity index (χ2n) is 6.94. The Morgan fingerprint density at radius 3 is 2.81 bits per heavy atom. The Labute approximate surface area is 185 Å². The minimum Gasteiger partial charge on any atom is -0.479 e. The van der Waals surface area contributed by atoms with Crippen LogP contribution in [0.4, 0.5) is 5.95 Å². The molecule has 0 saturated carbocycles. The average molecular weight is 474 g/mol. The third-order valence-corrected chi connectivity index (χ3v) is 4.91. The number of esters is 1. The van der Waals surface area contributed by atoms with E-state index in [2.05, 4.69) is 19.7 Å². The zero-order valence-corrected chi connectivity index (χ0v) is 19.1. The van der Waals surface area contributed by atoms with Gasteiger partial charge in [0.25, 0.3) is 0 Å². The van der Waals surface area contributed by atoms with Crippen LogP contribution in [0.5, 0.6) is 5.88 Å². The maximum Gasteiger partial charge on any atom is 0.694 e. The summed E-state index contributed by atoms with van der Waals surface area (Å²) >= 11 is 0. The van der Waals surface area contributed by atoms with E-state index in [-0.39, 0.29) is 43.4 Å². The van der Waals surface area contributed by atoms with Gasteiger partial charge in [-0.2, -0.15) is 9.97 Å². The molecule has 3 rings (SSSR count). The van der Waals surface area contributed by atoms with Gasteiger partial charge >= 0.3 is 14.2 Å². The number of aromatic nitrogens is 4. The number of rotatable bonds is 9. The minimum absolute atomic E-state index is 0.0544. The maximum absolute atomic E-state index is 10.6. The van der Waals surface area contributed by atoms with E-state index >= 15 is 0 Å². The van der Waals surface area contributed by atoms with Gasteiger partial charge in [0.1, 0.15) is 12.8 Å². The molecule has 0 bridgehead atoms. The van der Waals surface area contributed by atoms with Crippen LogP contribution in [0.25, 0.3) is 11.2 Å². The standard InChI is InChI=1S/C12H16N5O5P.C6H12O3/c1-6-3-7(4-21-23(18)19)22-11(6)17-5-14-8-9(17)15-12(13)16-10(8)20-2;1-2-9-6(8)4-3-5-7/h5-7,11H,3-4H2,1-2H3,(H2-,13,15,16,18,19);7H,2-5H2,1H3/p+1. The minimum atomic E-state index is -2.63. The van der Waals surface area contributed by atoms with Crippen molar-refractivity contribution < 1.29 is 38.1 Å². The summed E-state index contributed by atoms with van der Waals surface area (Å²) in [4.78, 5) is 31.7. The highest BCUT2D eigenvalue weighted by Crippen LogP contribution is 2.37. The lowest BCUT2D eigenvalue weighted by Gasteiger charge is -2.17. The Bertz CT molecular complexity index is 911. The molecule has 1 saturated heterocycles. The van der Waals surface area contributed by atoms with E-state index in [0.29, 0.717) is 42.9 Å². The molecule has 0 aliphatic carbocycles. The normalized spacial score (nSPS) is 20.5. The van der Waals surface area contributed by atoms with E-state index in [1.807, 2.05) is 6.92 Å². The van der Waals surface area contributed by atoms with Crippen LogP contribution < -0.4 is 10.5 Å². The van der Waals surface area contributed by atoms with Crippen LogP contribution in [0.2, 0.25) is 0 Å². The third kappa shape index (κ3) is 7.04. The lowest BCUT2D eigenvalue weighted by Crippen LogP contribution is -2.16. The van der Waals surface area contributed by atoms with E-state index in [9.17, 15) is 9.36 Å². The smallest absolute Gasteiger partial charge is 0.479 e. The highest BCUT2D eigenvalue weighted by atomic mass is 31.1. The zero-order chi connectivity index (χ0) is 23.7. The lowest BCUT2D eigenvalue weighted by atomic mass is 10.1. The zero-order valence-electron chi connectivity index (χ0n) is 18.2. The average Bonchev–Trinajstić information content (AvgIpc) is 3.33. The Kier molecular flexibility index (Phi) is 10.1. The van der Waals surface area contributed by atoms with Crippen molar-refractivity contribution in [3.8, 4) is 5.88 Å². The molecule has 4 atom stereocenters. The molecule has 2 aromatic rings. The number of fused-ring (bicyclic) bond motifs is 1. The van der Waals surface area contributed by atoms with E-state index in [1.165, 1.54) is 7.11 Å². The van der Waals surface area contributed by atoms with Gasteiger partial charge in [-0.05, 0) is 19.8 Å². The van der Waals surface area contributed by atoms with Gasteiger partial charge in [-0.15, -0.1) is 9.42 Å². The fourth-order valence-corrected chi connectivity index (χ4v) is 3.50. The van der Waals surface area contributed by atoms with Crippen LogP contribution in [0.3, 0.4) is 0 Å². The summed E-state index contributed by atoms with van der Waals surface area (Å²) in [6.45, 7) is 4.30. The molecule has 32 heavy (non-hydrogen) atoms. The van der Waals surface area contributed by atoms with Crippen LogP contribution in [0.1, 0.15) is 39.3 Å². The number of anilines is 1. The van der Waals surface area contributed by atoms with Gasteiger partial charge in [0, 0.05) is 23.5 Å². The van der Waals surface area contributed by atoms with Gasteiger partial charge in [0.05, 0.1) is 26.1 Å². The molecule has 3 heterocycles. The summed E-state index contributed by atoms with van der Waals surface area (Å²) in [6.07, 6.45) is 2.50. The first kappa shape index (κ1) is 25.8. The first-order valence-electron chi connectivity index (χ1n) is 10.1. The molecule has 1 aliphatic heterocycles. The number of aliphatic hydroxyl groups excluding tert-OH is 1. The van der Waals surface area contributed by atoms with Gasteiger partial charge in [0.2, 0.25) is 11.8 Å². The van der Waals surface area contributed by atoms with Crippen LogP contribution >= 0.6 is 8.25 Å². The van der Waals surface area contributed by atoms with Crippen molar-refractivity contribution in [2.45, 2.75) is 45.4 Å². The molecule has 2 aromatic heterocycles. The van der Waals surface area contributed by atoms with Crippen molar-refractivity contribution in [1.29, 1.82) is 0 Å². The van der Waals surface area contributed by atoms with Gasteiger partial charge in [0.15, 0.2) is 11.2 Å². The molecule has 0 aromatic carbocycles. The van der Waals surface area contributed by atoms with E-state index in [1.54, 1.807) is 17.8 Å². The van der Waals surface area contributed by atoms with Crippen molar-refractivity contribution in [1.82, 2.24) is 19.5 Å². The Morgan fingerprint density at radius 2 is 2.19 bits per heavy atom. The summed E-state index contributed by atoms with van der Waals surface area (Å²) in [5, 5.41) is 8.28. The molecule has 14 heteroatoms. The second-order valence-corrected chi connectivity index (χ2v) is 7.68. The molecule has 4 unspecified atom stereocenters. The molecule has 1 fully saturated rings. The fourth-order valence-electron chi connectivity index (χ4n) is 3.20. The van der Waals surface area contributed by atoms with Crippen LogP contribution in [-0.2, 0) is 23.4 Å². The fraction of sp³-hybridized carbons (Fsp3) is 0.667. The molecule has 0 spiro atoms. The maximum atomic E-state index is 10.6. The van der Waals surface area contributed by atoms with Crippen molar-refractivity contribution in [2.24, 2.45) is 5.92 Å². The van der Waals surface area contributed by atoms with Crippen LogP contribution in [-0.4, -0.2) is 68.5 Å².